The van der Waals surface area contributed by atoms with E-state index in [9.17, 15) is 10.1 Å². The van der Waals surface area contributed by atoms with Crippen LogP contribution in [0.5, 0.6) is 0 Å². The summed E-state index contributed by atoms with van der Waals surface area (Å²) in [6.07, 6.45) is 3.46. The second kappa shape index (κ2) is 5.92. The molecule has 1 aliphatic carbocycles. The summed E-state index contributed by atoms with van der Waals surface area (Å²) in [5, 5.41) is 14.4. The Kier molecular flexibility index (Phi) is 4.17. The van der Waals surface area contributed by atoms with Crippen LogP contribution in [0.2, 0.25) is 0 Å². The van der Waals surface area contributed by atoms with Crippen LogP contribution in [0.15, 0.2) is 24.3 Å². The van der Waals surface area contributed by atoms with Crippen LogP contribution >= 0.6 is 33.9 Å². The fourth-order valence-corrected chi connectivity index (χ4v) is 4.94. The molecule has 0 amide bonds. The van der Waals surface area contributed by atoms with Crippen LogP contribution in [0.3, 0.4) is 0 Å². The number of nitro groups is 1. The van der Waals surface area contributed by atoms with Gasteiger partial charge in [-0.3, -0.25) is 10.1 Å². The van der Waals surface area contributed by atoms with E-state index in [0.717, 1.165) is 12.1 Å². The first kappa shape index (κ1) is 14.8. The number of fused-ring (bicyclic) bond motifs is 1. The van der Waals surface area contributed by atoms with Gasteiger partial charge in [-0.2, -0.15) is 0 Å². The zero-order valence-electron chi connectivity index (χ0n) is 11.6. The number of benzene rings is 1. The van der Waals surface area contributed by atoms with Gasteiger partial charge in [-0.1, -0.05) is 0 Å². The standard InChI is InChI=1S/C15H15IN2O2S/c1-9-7-10(5-6-13(9)18(19)20)17-12-3-2-4-14-11(12)8-15(16)21-14/h5-8,12,17H,2-4H2,1H3. The van der Waals surface area contributed by atoms with E-state index in [4.69, 9.17) is 0 Å². The Labute approximate surface area is 140 Å². The highest BCUT2D eigenvalue weighted by molar-refractivity contribution is 14.1. The van der Waals surface area contributed by atoms with Gasteiger partial charge in [0.15, 0.2) is 0 Å². The molecule has 4 nitrogen and oxygen atoms in total. The van der Waals surface area contributed by atoms with Gasteiger partial charge in [0.2, 0.25) is 0 Å². The van der Waals surface area contributed by atoms with E-state index in [1.807, 2.05) is 17.4 Å². The molecular formula is C15H15IN2O2S. The molecule has 0 bridgehead atoms. The van der Waals surface area contributed by atoms with Crippen LogP contribution in [0.25, 0.3) is 0 Å². The van der Waals surface area contributed by atoms with Crippen molar-refractivity contribution in [2.24, 2.45) is 0 Å². The molecule has 1 aliphatic rings. The molecule has 0 spiro atoms. The molecule has 3 rings (SSSR count). The maximum Gasteiger partial charge on any atom is 0.272 e. The molecule has 1 heterocycles. The van der Waals surface area contributed by atoms with E-state index in [-0.39, 0.29) is 10.6 Å². The van der Waals surface area contributed by atoms with Crippen molar-refractivity contribution in [1.29, 1.82) is 0 Å². The van der Waals surface area contributed by atoms with E-state index in [0.29, 0.717) is 11.6 Å². The zero-order valence-corrected chi connectivity index (χ0v) is 14.5. The van der Waals surface area contributed by atoms with Crippen molar-refractivity contribution in [3.63, 3.8) is 0 Å². The summed E-state index contributed by atoms with van der Waals surface area (Å²) in [4.78, 5) is 12.0. The van der Waals surface area contributed by atoms with Crippen molar-refractivity contribution in [2.75, 3.05) is 5.32 Å². The van der Waals surface area contributed by atoms with Crippen molar-refractivity contribution in [1.82, 2.24) is 0 Å². The molecule has 6 heteroatoms. The summed E-state index contributed by atoms with van der Waals surface area (Å²) >= 11 is 4.25. The van der Waals surface area contributed by atoms with Crippen LogP contribution in [-0.4, -0.2) is 4.92 Å². The minimum absolute atomic E-state index is 0.176. The highest BCUT2D eigenvalue weighted by atomic mass is 127. The van der Waals surface area contributed by atoms with Gasteiger partial charge in [0.1, 0.15) is 0 Å². The first-order valence-electron chi connectivity index (χ1n) is 6.84. The fourth-order valence-electron chi connectivity index (χ4n) is 2.82. The molecule has 0 fully saturated rings. The van der Waals surface area contributed by atoms with Crippen LogP contribution in [-0.2, 0) is 6.42 Å². The lowest BCUT2D eigenvalue weighted by atomic mass is 9.94. The summed E-state index contributed by atoms with van der Waals surface area (Å²) in [5.74, 6) is 0. The number of aryl methyl sites for hydroxylation is 2. The topological polar surface area (TPSA) is 55.2 Å². The summed E-state index contributed by atoms with van der Waals surface area (Å²) in [6.45, 7) is 1.78. The lowest BCUT2D eigenvalue weighted by molar-refractivity contribution is -0.385. The average molecular weight is 414 g/mol. The maximum atomic E-state index is 10.9. The van der Waals surface area contributed by atoms with Gasteiger partial charge in [0.05, 0.1) is 13.8 Å². The number of nitrogens with zero attached hydrogens (tertiary/aromatic N) is 1. The maximum absolute atomic E-state index is 10.9. The number of nitrogens with one attached hydrogen (secondary N) is 1. The average Bonchev–Trinajstić information content (AvgIpc) is 2.80. The SMILES string of the molecule is Cc1cc(NC2CCCc3sc(I)cc32)ccc1[N+](=O)[O-]. The highest BCUT2D eigenvalue weighted by Crippen LogP contribution is 2.38. The minimum atomic E-state index is -0.334. The number of thiophene rings is 1. The van der Waals surface area contributed by atoms with Gasteiger partial charge in [-0.05, 0) is 72.5 Å². The van der Waals surface area contributed by atoms with Gasteiger partial charge in [0, 0.05) is 22.2 Å². The van der Waals surface area contributed by atoms with Crippen molar-refractivity contribution in [3.8, 4) is 0 Å². The molecule has 0 saturated carbocycles. The van der Waals surface area contributed by atoms with Crippen molar-refractivity contribution in [3.05, 3.63) is 53.3 Å². The Morgan fingerprint density at radius 2 is 2.24 bits per heavy atom. The van der Waals surface area contributed by atoms with E-state index in [1.54, 1.807) is 19.1 Å². The third kappa shape index (κ3) is 3.06. The van der Waals surface area contributed by atoms with Crippen LogP contribution in [0, 0.1) is 19.9 Å². The van der Waals surface area contributed by atoms with Crippen LogP contribution in [0.1, 0.15) is 34.9 Å². The molecule has 21 heavy (non-hydrogen) atoms. The highest BCUT2D eigenvalue weighted by Gasteiger charge is 2.23. The first-order chi connectivity index (χ1) is 10.0. The number of nitro benzene ring substituents is 1. The normalized spacial score (nSPS) is 17.3. The summed E-state index contributed by atoms with van der Waals surface area (Å²) in [5.41, 5.74) is 3.22. The van der Waals surface area contributed by atoms with Gasteiger partial charge in [-0.15, -0.1) is 11.3 Å². The smallest absolute Gasteiger partial charge is 0.272 e. The van der Waals surface area contributed by atoms with Crippen LogP contribution in [0.4, 0.5) is 11.4 Å². The second-order valence-corrected chi connectivity index (χ2v) is 8.31. The number of halogens is 1. The van der Waals surface area contributed by atoms with E-state index < -0.39 is 0 Å². The Bertz CT molecular complexity index is 699. The van der Waals surface area contributed by atoms with Crippen molar-refractivity contribution < 1.29 is 4.92 Å². The van der Waals surface area contributed by atoms with Gasteiger partial charge in [-0.25, -0.2) is 0 Å². The minimum Gasteiger partial charge on any atom is -0.378 e. The Morgan fingerprint density at radius 3 is 2.95 bits per heavy atom. The summed E-state index contributed by atoms with van der Waals surface area (Å²) in [7, 11) is 0. The lowest BCUT2D eigenvalue weighted by Crippen LogP contribution is -2.15. The predicted octanol–water partition coefficient (Wildman–Crippen LogP) is 5.06. The third-order valence-electron chi connectivity index (χ3n) is 3.82. The third-order valence-corrected chi connectivity index (χ3v) is 5.79. The molecule has 2 aromatic rings. The molecule has 0 saturated heterocycles. The molecule has 1 aromatic heterocycles. The molecule has 1 N–H and O–H groups in total. The first-order valence-corrected chi connectivity index (χ1v) is 8.74. The molecular weight excluding hydrogens is 399 g/mol. The molecule has 1 atom stereocenters. The second-order valence-electron chi connectivity index (χ2n) is 5.28. The quantitative estimate of drug-likeness (QED) is 0.434. The number of hydrogen-bond donors (Lipinski definition) is 1. The number of anilines is 1. The predicted molar refractivity (Wildman–Crippen MR) is 94.2 cm³/mol. The van der Waals surface area contributed by atoms with Crippen molar-refractivity contribution in [2.45, 2.75) is 32.2 Å². The number of rotatable bonds is 3. The lowest BCUT2D eigenvalue weighted by Gasteiger charge is -2.24. The molecule has 110 valence electrons. The van der Waals surface area contributed by atoms with Gasteiger partial charge >= 0.3 is 0 Å². The summed E-state index contributed by atoms with van der Waals surface area (Å²) < 4.78 is 1.33. The fraction of sp³-hybridized carbons (Fsp3) is 0.333. The molecule has 1 unspecified atom stereocenters. The van der Waals surface area contributed by atoms with E-state index in [1.165, 1.54) is 26.2 Å². The Hall–Kier alpha value is -1.15. The van der Waals surface area contributed by atoms with Gasteiger partial charge in [0.25, 0.3) is 5.69 Å². The zero-order chi connectivity index (χ0) is 15.0. The van der Waals surface area contributed by atoms with E-state index in [2.05, 4.69) is 34.0 Å². The monoisotopic (exact) mass is 414 g/mol. The largest absolute Gasteiger partial charge is 0.378 e. The molecule has 0 aliphatic heterocycles. The molecule has 1 aromatic carbocycles. The Balaban J connectivity index is 1.84. The van der Waals surface area contributed by atoms with Gasteiger partial charge < -0.3 is 5.32 Å². The molecule has 0 radical (unpaired) electrons. The van der Waals surface area contributed by atoms with Crippen LogP contribution < -0.4 is 5.32 Å². The summed E-state index contributed by atoms with van der Waals surface area (Å²) in [6, 6.07) is 7.82. The Morgan fingerprint density at radius 1 is 1.43 bits per heavy atom. The van der Waals surface area contributed by atoms with Crippen molar-refractivity contribution >= 4 is 45.3 Å². The number of hydrogen-bond acceptors (Lipinski definition) is 4. The van der Waals surface area contributed by atoms with E-state index >= 15 is 0 Å².